The zero-order chi connectivity index (χ0) is 22.2. The van der Waals surface area contributed by atoms with Crippen LogP contribution in [0.2, 0.25) is 5.02 Å². The summed E-state index contributed by atoms with van der Waals surface area (Å²) in [5.74, 6) is -4.35. The number of fused-ring (bicyclic) bond motifs is 1. The van der Waals surface area contributed by atoms with E-state index in [1.165, 1.54) is 29.2 Å². The maximum Gasteiger partial charge on any atom is 0.307 e. The lowest BCUT2D eigenvalue weighted by Crippen LogP contribution is -2.52. The zero-order valence-corrected chi connectivity index (χ0v) is 17.0. The number of carbonyl (C=O) groups excluding carboxylic acids is 3. The molecule has 0 bridgehead atoms. The summed E-state index contributed by atoms with van der Waals surface area (Å²) in [6.45, 7) is 0.238. The van der Waals surface area contributed by atoms with Gasteiger partial charge in [0.2, 0.25) is 11.8 Å². The highest BCUT2D eigenvalue weighted by molar-refractivity contribution is 6.30. The number of aliphatic imine (C=N–C) groups is 1. The van der Waals surface area contributed by atoms with E-state index in [4.69, 9.17) is 11.6 Å². The largest absolute Gasteiger partial charge is 0.322 e. The number of benzene rings is 2. The Morgan fingerprint density at radius 2 is 1.90 bits per heavy atom. The smallest absolute Gasteiger partial charge is 0.307 e. The molecule has 2 aliphatic rings. The number of halogens is 3. The van der Waals surface area contributed by atoms with Crippen molar-refractivity contribution in [2.24, 2.45) is 4.99 Å². The number of nitrogens with zero attached hydrogens (tertiary/aromatic N) is 2. The second-order valence-corrected chi connectivity index (χ2v) is 7.93. The van der Waals surface area contributed by atoms with Gasteiger partial charge in [0.1, 0.15) is 6.04 Å². The fraction of sp³-hybridized carbons (Fsp3) is 0.273. The maximum atomic E-state index is 14.3. The van der Waals surface area contributed by atoms with Gasteiger partial charge in [-0.2, -0.15) is 8.78 Å². The van der Waals surface area contributed by atoms with Crippen molar-refractivity contribution in [3.05, 3.63) is 69.7 Å². The third kappa shape index (κ3) is 4.34. The summed E-state index contributed by atoms with van der Waals surface area (Å²) in [6, 6.07) is 9.59. The summed E-state index contributed by atoms with van der Waals surface area (Å²) in [5, 5.41) is 2.63. The van der Waals surface area contributed by atoms with Crippen molar-refractivity contribution in [3.63, 3.8) is 0 Å². The summed E-state index contributed by atoms with van der Waals surface area (Å²) in [5.41, 5.74) is 1.62. The van der Waals surface area contributed by atoms with E-state index in [0.29, 0.717) is 27.9 Å². The molecule has 9 heteroatoms. The molecule has 0 aliphatic carbocycles. The van der Waals surface area contributed by atoms with Crippen LogP contribution in [0.3, 0.4) is 0 Å². The zero-order valence-electron chi connectivity index (χ0n) is 16.3. The van der Waals surface area contributed by atoms with Crippen molar-refractivity contribution >= 4 is 35.5 Å². The van der Waals surface area contributed by atoms with Gasteiger partial charge in [-0.05, 0) is 35.7 Å². The number of amides is 3. The number of piperidine rings is 1. The van der Waals surface area contributed by atoms with E-state index < -0.39 is 17.9 Å². The average molecular weight is 446 g/mol. The topological polar surface area (TPSA) is 78.8 Å². The minimum Gasteiger partial charge on any atom is -0.322 e. The van der Waals surface area contributed by atoms with Crippen LogP contribution in [0.1, 0.15) is 39.9 Å². The van der Waals surface area contributed by atoms with Crippen LogP contribution in [0.15, 0.2) is 47.5 Å². The molecule has 4 rings (SSSR count). The first kappa shape index (κ1) is 21.1. The Morgan fingerprint density at radius 3 is 2.61 bits per heavy atom. The normalized spacial score (nSPS) is 19.1. The summed E-state index contributed by atoms with van der Waals surface area (Å²) in [4.78, 5) is 41.4. The molecule has 160 valence electrons. The van der Waals surface area contributed by atoms with E-state index in [1.807, 2.05) is 0 Å². The van der Waals surface area contributed by atoms with Crippen molar-refractivity contribution in [1.29, 1.82) is 0 Å². The molecule has 1 N–H and O–H groups in total. The lowest BCUT2D eigenvalue weighted by molar-refractivity contribution is -0.136. The van der Waals surface area contributed by atoms with Crippen LogP contribution in [0, 0.1) is 0 Å². The quantitative estimate of drug-likeness (QED) is 0.565. The molecule has 1 atom stereocenters. The van der Waals surface area contributed by atoms with Crippen molar-refractivity contribution in [2.75, 3.05) is 0 Å². The molecule has 2 aliphatic heterocycles. The third-order valence-electron chi connectivity index (χ3n) is 5.34. The van der Waals surface area contributed by atoms with Crippen LogP contribution >= 0.6 is 11.6 Å². The molecule has 2 heterocycles. The molecule has 0 radical (unpaired) electrons. The molecule has 2 aromatic rings. The van der Waals surface area contributed by atoms with Gasteiger partial charge in [-0.3, -0.25) is 24.7 Å². The SMILES string of the molecule is O=C1CCC(N2Cc3cc(CN=CC(F)(F)c4ccc(Cl)cc4)ccc3C2=O)C(=O)N1. The average Bonchev–Trinajstić information content (AvgIpc) is 3.04. The van der Waals surface area contributed by atoms with Gasteiger partial charge < -0.3 is 4.90 Å². The van der Waals surface area contributed by atoms with Gasteiger partial charge in [0.05, 0.1) is 12.8 Å². The van der Waals surface area contributed by atoms with Crippen LogP contribution in [-0.2, 0) is 28.6 Å². The van der Waals surface area contributed by atoms with E-state index in [9.17, 15) is 23.2 Å². The monoisotopic (exact) mass is 445 g/mol. The van der Waals surface area contributed by atoms with Crippen LogP contribution in [0.5, 0.6) is 0 Å². The fourth-order valence-electron chi connectivity index (χ4n) is 3.74. The van der Waals surface area contributed by atoms with Crippen molar-refractivity contribution in [2.45, 2.75) is 37.9 Å². The van der Waals surface area contributed by atoms with Gasteiger partial charge >= 0.3 is 5.92 Å². The van der Waals surface area contributed by atoms with Gasteiger partial charge in [0.15, 0.2) is 0 Å². The molecule has 6 nitrogen and oxygen atoms in total. The second kappa shape index (κ2) is 8.19. The Hall–Kier alpha value is -3.13. The first-order valence-corrected chi connectivity index (χ1v) is 10.0. The van der Waals surface area contributed by atoms with Crippen LogP contribution in [0.25, 0.3) is 0 Å². The van der Waals surface area contributed by atoms with E-state index in [-0.39, 0.29) is 43.3 Å². The van der Waals surface area contributed by atoms with Crippen LogP contribution in [-0.4, -0.2) is 34.9 Å². The number of hydrogen-bond acceptors (Lipinski definition) is 4. The Labute approximate surface area is 181 Å². The second-order valence-electron chi connectivity index (χ2n) is 7.49. The number of imide groups is 1. The summed E-state index contributed by atoms with van der Waals surface area (Å²) in [7, 11) is 0. The Morgan fingerprint density at radius 1 is 1.16 bits per heavy atom. The maximum absolute atomic E-state index is 14.3. The van der Waals surface area contributed by atoms with Crippen LogP contribution in [0.4, 0.5) is 8.78 Å². The van der Waals surface area contributed by atoms with E-state index in [1.54, 1.807) is 18.2 Å². The molecule has 0 aromatic heterocycles. The van der Waals surface area contributed by atoms with Crippen LogP contribution < -0.4 is 5.32 Å². The minimum atomic E-state index is -3.24. The van der Waals surface area contributed by atoms with E-state index >= 15 is 0 Å². The molecule has 3 amide bonds. The number of alkyl halides is 2. The lowest BCUT2D eigenvalue weighted by Gasteiger charge is -2.29. The molecule has 1 saturated heterocycles. The van der Waals surface area contributed by atoms with Gasteiger partial charge in [-0.25, -0.2) is 0 Å². The molecular weight excluding hydrogens is 428 g/mol. The molecule has 31 heavy (non-hydrogen) atoms. The van der Waals surface area contributed by atoms with Crippen molar-refractivity contribution < 1.29 is 23.2 Å². The predicted octanol–water partition coefficient (Wildman–Crippen LogP) is 3.46. The summed E-state index contributed by atoms with van der Waals surface area (Å²) >= 11 is 5.73. The van der Waals surface area contributed by atoms with Crippen molar-refractivity contribution in [1.82, 2.24) is 10.2 Å². The summed E-state index contributed by atoms with van der Waals surface area (Å²) in [6.07, 6.45) is 1.06. The molecule has 0 spiro atoms. The third-order valence-corrected chi connectivity index (χ3v) is 5.60. The number of hydrogen-bond donors (Lipinski definition) is 1. The van der Waals surface area contributed by atoms with Gasteiger partial charge in [0, 0.05) is 29.1 Å². The molecular formula is C22H18ClF2N3O3. The highest BCUT2D eigenvalue weighted by atomic mass is 35.5. The Bertz CT molecular complexity index is 1090. The predicted molar refractivity (Wildman–Crippen MR) is 110 cm³/mol. The number of nitrogens with one attached hydrogen (secondary N) is 1. The first-order valence-electron chi connectivity index (χ1n) is 9.66. The molecule has 1 unspecified atom stereocenters. The first-order chi connectivity index (χ1) is 14.7. The number of rotatable bonds is 5. The Kier molecular flexibility index (Phi) is 5.58. The van der Waals surface area contributed by atoms with Gasteiger partial charge in [-0.1, -0.05) is 35.9 Å². The fourth-order valence-corrected chi connectivity index (χ4v) is 3.86. The highest BCUT2D eigenvalue weighted by Crippen LogP contribution is 2.29. The van der Waals surface area contributed by atoms with E-state index in [2.05, 4.69) is 10.3 Å². The van der Waals surface area contributed by atoms with E-state index in [0.717, 1.165) is 0 Å². The number of carbonyl (C=O) groups is 3. The lowest BCUT2D eigenvalue weighted by atomic mass is 10.0. The molecule has 2 aromatic carbocycles. The molecule has 0 saturated carbocycles. The highest BCUT2D eigenvalue weighted by Gasteiger charge is 2.39. The van der Waals surface area contributed by atoms with Gasteiger partial charge in [0.25, 0.3) is 5.91 Å². The standard InChI is InChI=1S/C22H18ClF2N3O3/c23-16-4-2-15(3-5-16)22(24,25)12-26-10-13-1-6-17-14(9-13)11-28(21(17)31)18-7-8-19(29)27-20(18)30/h1-6,9,12,18H,7-8,10-11H2,(H,27,29,30). The minimum absolute atomic E-state index is 0.0169. The molecule has 1 fully saturated rings. The van der Waals surface area contributed by atoms with Crippen molar-refractivity contribution in [3.8, 4) is 0 Å². The Balaban J connectivity index is 1.45. The van der Waals surface area contributed by atoms with Gasteiger partial charge in [-0.15, -0.1) is 0 Å². The summed E-state index contributed by atoms with van der Waals surface area (Å²) < 4.78 is 28.6.